The van der Waals surface area contributed by atoms with E-state index < -0.39 is 12.0 Å². The Morgan fingerprint density at radius 1 is 1.33 bits per heavy atom. The maximum absolute atomic E-state index is 12.5. The predicted molar refractivity (Wildman–Crippen MR) is 91.6 cm³/mol. The Balaban J connectivity index is 1.64. The number of nitrogens with two attached hydrogens (primary N) is 1. The zero-order valence-corrected chi connectivity index (χ0v) is 14.1. The lowest BCUT2D eigenvalue weighted by Gasteiger charge is -2.28. The summed E-state index contributed by atoms with van der Waals surface area (Å²) in [7, 11) is 2.09. The molecule has 0 saturated carbocycles. The maximum Gasteiger partial charge on any atom is 0.227 e. The number of carbonyl (C=O) groups is 2. The standard InChI is InChI=1S/C18H25N3O3/c1-20-6-2-3-13-7-12(4-5-15(13)20)8-18(24)21-10-14(9-17(19)23)16(22)11-21/h4-5,7,14,16,22H,2-3,6,8-11H2,1H3,(H2,19,23)/t14-,16-/m1/s1. The van der Waals surface area contributed by atoms with E-state index in [4.69, 9.17) is 5.73 Å². The van der Waals surface area contributed by atoms with E-state index in [2.05, 4.69) is 24.1 Å². The van der Waals surface area contributed by atoms with Gasteiger partial charge in [0.25, 0.3) is 0 Å². The van der Waals surface area contributed by atoms with E-state index in [1.165, 1.54) is 11.3 Å². The van der Waals surface area contributed by atoms with E-state index in [0.717, 1.165) is 24.9 Å². The minimum absolute atomic E-state index is 0.00913. The molecule has 0 aliphatic carbocycles. The highest BCUT2D eigenvalue weighted by Crippen LogP contribution is 2.27. The van der Waals surface area contributed by atoms with Crippen LogP contribution in [-0.4, -0.2) is 54.6 Å². The topological polar surface area (TPSA) is 86.9 Å². The Labute approximate surface area is 142 Å². The van der Waals surface area contributed by atoms with Gasteiger partial charge in [-0.15, -0.1) is 0 Å². The molecule has 0 bridgehead atoms. The van der Waals surface area contributed by atoms with E-state index in [9.17, 15) is 14.7 Å². The molecule has 6 nitrogen and oxygen atoms in total. The first-order chi connectivity index (χ1) is 11.4. The van der Waals surface area contributed by atoms with Gasteiger partial charge >= 0.3 is 0 Å². The number of aliphatic hydroxyl groups is 1. The first-order valence-corrected chi connectivity index (χ1v) is 8.51. The van der Waals surface area contributed by atoms with Crippen LogP contribution >= 0.6 is 0 Å². The Hall–Kier alpha value is -2.08. The fourth-order valence-corrected chi connectivity index (χ4v) is 3.75. The van der Waals surface area contributed by atoms with Crippen LogP contribution in [0, 0.1) is 5.92 Å². The fraction of sp³-hybridized carbons (Fsp3) is 0.556. The average Bonchev–Trinajstić information content (AvgIpc) is 2.88. The number of hydrogen-bond donors (Lipinski definition) is 2. The van der Waals surface area contributed by atoms with Gasteiger partial charge in [-0.2, -0.15) is 0 Å². The molecule has 3 N–H and O–H groups in total. The molecule has 2 aliphatic rings. The van der Waals surface area contributed by atoms with E-state index in [1.807, 2.05) is 6.07 Å². The molecule has 2 aliphatic heterocycles. The molecular weight excluding hydrogens is 306 g/mol. The van der Waals surface area contributed by atoms with Gasteiger partial charge in [0.15, 0.2) is 0 Å². The van der Waals surface area contributed by atoms with Crippen molar-refractivity contribution in [1.29, 1.82) is 0 Å². The van der Waals surface area contributed by atoms with Crippen LogP contribution in [0.15, 0.2) is 18.2 Å². The molecule has 6 heteroatoms. The number of hydrogen-bond acceptors (Lipinski definition) is 4. The third kappa shape index (κ3) is 3.53. The van der Waals surface area contributed by atoms with E-state index in [0.29, 0.717) is 13.0 Å². The number of amides is 2. The lowest BCUT2D eigenvalue weighted by atomic mass is 9.98. The molecule has 1 aromatic rings. The van der Waals surface area contributed by atoms with Gasteiger partial charge in [0.05, 0.1) is 12.5 Å². The van der Waals surface area contributed by atoms with Crippen LogP contribution in [0.1, 0.15) is 24.0 Å². The molecule has 24 heavy (non-hydrogen) atoms. The van der Waals surface area contributed by atoms with E-state index in [1.54, 1.807) is 4.90 Å². The smallest absolute Gasteiger partial charge is 0.227 e. The van der Waals surface area contributed by atoms with Crippen molar-refractivity contribution in [3.8, 4) is 0 Å². The Kier molecular flexibility index (Phi) is 4.76. The van der Waals surface area contributed by atoms with Crippen molar-refractivity contribution < 1.29 is 14.7 Å². The van der Waals surface area contributed by atoms with Gasteiger partial charge in [-0.05, 0) is 30.0 Å². The van der Waals surface area contributed by atoms with Gasteiger partial charge in [-0.3, -0.25) is 9.59 Å². The van der Waals surface area contributed by atoms with Crippen molar-refractivity contribution in [1.82, 2.24) is 4.90 Å². The SMILES string of the molecule is CN1CCCc2cc(CC(=O)N3C[C@@H](CC(N)=O)[C@H](O)C3)ccc21. The number of fused-ring (bicyclic) bond motifs is 1. The number of primary amides is 1. The van der Waals surface area contributed by atoms with E-state index >= 15 is 0 Å². The summed E-state index contributed by atoms with van der Waals surface area (Å²) in [6.45, 7) is 1.75. The van der Waals surface area contributed by atoms with Crippen LogP contribution in [0.5, 0.6) is 0 Å². The van der Waals surface area contributed by atoms with Gasteiger partial charge in [-0.25, -0.2) is 0 Å². The Bertz CT molecular complexity index is 646. The minimum Gasteiger partial charge on any atom is -0.391 e. The summed E-state index contributed by atoms with van der Waals surface area (Å²) in [6.07, 6.45) is 1.96. The molecule has 0 spiro atoms. The lowest BCUT2D eigenvalue weighted by Crippen LogP contribution is -2.31. The molecule has 2 heterocycles. The van der Waals surface area contributed by atoms with Gasteiger partial charge in [0, 0.05) is 44.7 Å². The maximum atomic E-state index is 12.5. The summed E-state index contributed by atoms with van der Waals surface area (Å²) in [5.41, 5.74) is 8.74. The molecule has 0 unspecified atom stereocenters. The number of benzene rings is 1. The van der Waals surface area contributed by atoms with Crippen LogP contribution in [0.2, 0.25) is 0 Å². The highest BCUT2D eigenvalue weighted by molar-refractivity contribution is 5.80. The first-order valence-electron chi connectivity index (χ1n) is 8.51. The zero-order chi connectivity index (χ0) is 17.3. The monoisotopic (exact) mass is 331 g/mol. The third-order valence-electron chi connectivity index (χ3n) is 5.07. The van der Waals surface area contributed by atoms with Gasteiger partial charge in [-0.1, -0.05) is 12.1 Å². The summed E-state index contributed by atoms with van der Waals surface area (Å²) >= 11 is 0. The normalized spacial score (nSPS) is 23.2. The highest BCUT2D eigenvalue weighted by Gasteiger charge is 2.34. The van der Waals surface area contributed by atoms with Crippen LogP contribution in [-0.2, 0) is 22.4 Å². The largest absolute Gasteiger partial charge is 0.391 e. The summed E-state index contributed by atoms with van der Waals surface area (Å²) in [5, 5.41) is 10.0. The number of β-amino-alcohol motifs (C(OH)–C–C–N with tert-alkyl or cyclic N) is 1. The summed E-state index contributed by atoms with van der Waals surface area (Å²) < 4.78 is 0. The van der Waals surface area contributed by atoms with Crippen molar-refractivity contribution in [2.75, 3.05) is 31.6 Å². The highest BCUT2D eigenvalue weighted by atomic mass is 16.3. The molecule has 2 atom stereocenters. The number of rotatable bonds is 4. The molecule has 1 fully saturated rings. The van der Waals surface area contributed by atoms with Gasteiger partial charge in [0.2, 0.25) is 11.8 Å². The fourth-order valence-electron chi connectivity index (χ4n) is 3.75. The molecule has 0 radical (unpaired) electrons. The number of likely N-dealkylation sites (tertiary alicyclic amines) is 1. The molecule has 3 rings (SSSR count). The second kappa shape index (κ2) is 6.81. The van der Waals surface area contributed by atoms with Gasteiger partial charge < -0.3 is 20.6 Å². The number of aliphatic hydroxyl groups excluding tert-OH is 1. The van der Waals surface area contributed by atoms with Crippen LogP contribution in [0.3, 0.4) is 0 Å². The van der Waals surface area contributed by atoms with Crippen molar-refractivity contribution in [2.45, 2.75) is 31.8 Å². The Morgan fingerprint density at radius 3 is 2.88 bits per heavy atom. The number of nitrogens with zero attached hydrogens (tertiary/aromatic N) is 2. The minimum atomic E-state index is -0.668. The Morgan fingerprint density at radius 2 is 2.12 bits per heavy atom. The predicted octanol–water partition coefficient (Wildman–Crippen LogP) is 0.306. The summed E-state index contributed by atoms with van der Waals surface area (Å²) in [4.78, 5) is 27.4. The zero-order valence-electron chi connectivity index (χ0n) is 14.1. The molecule has 130 valence electrons. The third-order valence-corrected chi connectivity index (χ3v) is 5.07. The molecule has 0 aromatic heterocycles. The number of anilines is 1. The number of aryl methyl sites for hydroxylation is 1. The quantitative estimate of drug-likeness (QED) is 0.831. The molecular formula is C18H25N3O3. The second-order valence-corrected chi connectivity index (χ2v) is 6.96. The summed E-state index contributed by atoms with van der Waals surface area (Å²) in [6, 6.07) is 6.22. The van der Waals surface area contributed by atoms with E-state index in [-0.39, 0.29) is 24.8 Å². The van der Waals surface area contributed by atoms with Crippen LogP contribution in [0.25, 0.3) is 0 Å². The van der Waals surface area contributed by atoms with Crippen molar-refractivity contribution in [3.05, 3.63) is 29.3 Å². The summed E-state index contributed by atoms with van der Waals surface area (Å²) in [5.74, 6) is -0.694. The molecule has 1 aromatic carbocycles. The lowest BCUT2D eigenvalue weighted by molar-refractivity contribution is -0.130. The van der Waals surface area contributed by atoms with Crippen molar-refractivity contribution in [2.24, 2.45) is 11.7 Å². The van der Waals surface area contributed by atoms with Crippen LogP contribution in [0.4, 0.5) is 5.69 Å². The molecule has 2 amide bonds. The average molecular weight is 331 g/mol. The van der Waals surface area contributed by atoms with Gasteiger partial charge in [0.1, 0.15) is 0 Å². The van der Waals surface area contributed by atoms with Crippen molar-refractivity contribution in [3.63, 3.8) is 0 Å². The van der Waals surface area contributed by atoms with Crippen LogP contribution < -0.4 is 10.6 Å². The second-order valence-electron chi connectivity index (χ2n) is 6.96. The van der Waals surface area contributed by atoms with Crippen molar-refractivity contribution >= 4 is 17.5 Å². The number of carbonyl (C=O) groups excluding carboxylic acids is 2. The first kappa shape index (κ1) is 16.8. The molecule has 1 saturated heterocycles.